The van der Waals surface area contributed by atoms with E-state index in [0.29, 0.717) is 23.7 Å². The number of sulfone groups is 1. The molecule has 3 nitrogen and oxygen atoms in total. The fourth-order valence-corrected chi connectivity index (χ4v) is 11.5. The average molecular weight is 541 g/mol. The molecular weight excluding hydrogens is 488 g/mol. The highest BCUT2D eigenvalue weighted by Crippen LogP contribution is 2.68. The van der Waals surface area contributed by atoms with E-state index in [-0.39, 0.29) is 16.7 Å². The van der Waals surface area contributed by atoms with Crippen LogP contribution in [0.1, 0.15) is 111 Å². The van der Waals surface area contributed by atoms with Gasteiger partial charge in [-0.3, -0.25) is 0 Å². The average Bonchev–Trinajstić information content (AvgIpc) is 3.22. The van der Waals surface area contributed by atoms with E-state index < -0.39 is 14.8 Å². The highest BCUT2D eigenvalue weighted by Gasteiger charge is 2.61. The number of allylic oxidation sites excluding steroid dienone is 1. The zero-order valence-electron chi connectivity index (χ0n) is 24.8. The molecule has 3 saturated carbocycles. The first-order valence-corrected chi connectivity index (χ1v) is 17.0. The Morgan fingerprint density at radius 1 is 0.947 bits per heavy atom. The Hall–Kier alpha value is -1.13. The van der Waals surface area contributed by atoms with Crippen molar-refractivity contribution in [3.63, 3.8) is 0 Å². The maximum Gasteiger partial charge on any atom is 0.208 e. The van der Waals surface area contributed by atoms with E-state index in [1.807, 2.05) is 19.1 Å². The Morgan fingerprint density at radius 2 is 1.66 bits per heavy atom. The van der Waals surface area contributed by atoms with Gasteiger partial charge in [0.1, 0.15) is 0 Å². The zero-order valence-corrected chi connectivity index (χ0v) is 25.6. The van der Waals surface area contributed by atoms with Crippen molar-refractivity contribution < 1.29 is 13.5 Å². The van der Waals surface area contributed by atoms with Crippen molar-refractivity contribution in [2.75, 3.05) is 0 Å². The summed E-state index contributed by atoms with van der Waals surface area (Å²) in [4.78, 5) is -1.45. The molecule has 0 amide bonds. The lowest BCUT2D eigenvalue weighted by Gasteiger charge is -2.59. The lowest BCUT2D eigenvalue weighted by molar-refractivity contribution is -0.0612. The summed E-state index contributed by atoms with van der Waals surface area (Å²) in [7, 11) is -3.82. The van der Waals surface area contributed by atoms with E-state index in [4.69, 9.17) is 0 Å². The molecule has 8 atom stereocenters. The molecule has 0 aromatic heterocycles. The molecule has 1 aromatic carbocycles. The minimum Gasteiger partial charge on any atom is -0.374 e. The van der Waals surface area contributed by atoms with E-state index >= 15 is 0 Å². The van der Waals surface area contributed by atoms with Crippen LogP contribution in [0, 0.1) is 53.3 Å². The molecule has 1 aromatic rings. The number of aryl methyl sites for hydroxylation is 1. The fourth-order valence-electron chi connectivity index (χ4n) is 9.81. The summed E-state index contributed by atoms with van der Waals surface area (Å²) in [5.41, 5.74) is 2.70. The highest BCUT2D eigenvalue weighted by molar-refractivity contribution is 7.92. The van der Waals surface area contributed by atoms with E-state index in [1.54, 1.807) is 12.1 Å². The number of aliphatic hydroxyl groups is 1. The zero-order chi connectivity index (χ0) is 27.5. The quantitative estimate of drug-likeness (QED) is 0.353. The molecule has 0 unspecified atom stereocenters. The fraction of sp³-hybridized carbons (Fsp3) is 0.765. The molecule has 0 spiro atoms. The van der Waals surface area contributed by atoms with Crippen molar-refractivity contribution in [2.45, 2.75) is 122 Å². The van der Waals surface area contributed by atoms with Crippen LogP contribution < -0.4 is 0 Å². The van der Waals surface area contributed by atoms with Crippen molar-refractivity contribution in [1.29, 1.82) is 0 Å². The van der Waals surface area contributed by atoms with Gasteiger partial charge in [-0.15, -0.1) is 0 Å². The van der Waals surface area contributed by atoms with E-state index in [2.05, 4.69) is 40.7 Å². The van der Waals surface area contributed by atoms with Crippen LogP contribution in [-0.2, 0) is 9.84 Å². The molecule has 4 aliphatic carbocycles. The van der Waals surface area contributed by atoms with Crippen LogP contribution in [0.3, 0.4) is 0 Å². The first kappa shape index (κ1) is 28.4. The number of benzene rings is 1. The molecule has 1 N–H and O–H groups in total. The monoisotopic (exact) mass is 540 g/mol. The van der Waals surface area contributed by atoms with Gasteiger partial charge in [-0.25, -0.2) is 8.42 Å². The molecule has 0 saturated heterocycles. The van der Waals surface area contributed by atoms with Gasteiger partial charge in [0.05, 0.1) is 4.90 Å². The predicted molar refractivity (Wildman–Crippen MR) is 156 cm³/mol. The SMILES string of the molecule is Cc1ccc(S(=O)(=O)[C@@]2(O)CC[C@@]3(C)C(=CC[C@H]4[C@@H]5CC[C@H]([C@H](C)CCCC(C)C)[C@@]5(C)CC[C@@H]43)C2)cc1. The van der Waals surface area contributed by atoms with Gasteiger partial charge >= 0.3 is 0 Å². The molecule has 3 fully saturated rings. The summed E-state index contributed by atoms with van der Waals surface area (Å²) in [6.45, 7) is 14.2. The van der Waals surface area contributed by atoms with Crippen LogP contribution in [-0.4, -0.2) is 18.5 Å². The second-order valence-electron chi connectivity index (χ2n) is 14.7. The Kier molecular flexibility index (Phi) is 7.51. The van der Waals surface area contributed by atoms with E-state index in [1.165, 1.54) is 50.5 Å². The molecule has 4 heteroatoms. The molecule has 38 heavy (non-hydrogen) atoms. The van der Waals surface area contributed by atoms with Crippen molar-refractivity contribution in [3.05, 3.63) is 41.5 Å². The van der Waals surface area contributed by atoms with Gasteiger partial charge in [0.15, 0.2) is 4.93 Å². The second-order valence-corrected chi connectivity index (χ2v) is 17.0. The summed E-state index contributed by atoms with van der Waals surface area (Å²) >= 11 is 0. The minimum absolute atomic E-state index is 0.0141. The molecule has 4 aliphatic rings. The predicted octanol–water partition coefficient (Wildman–Crippen LogP) is 8.50. The Morgan fingerprint density at radius 3 is 2.34 bits per heavy atom. The maximum atomic E-state index is 13.6. The number of hydrogen-bond acceptors (Lipinski definition) is 3. The van der Waals surface area contributed by atoms with Crippen molar-refractivity contribution in [1.82, 2.24) is 0 Å². The summed E-state index contributed by atoms with van der Waals surface area (Å²) in [5.74, 6) is 4.55. The second kappa shape index (κ2) is 10.1. The van der Waals surface area contributed by atoms with Crippen molar-refractivity contribution in [3.8, 4) is 0 Å². The van der Waals surface area contributed by atoms with Gasteiger partial charge in [-0.05, 0) is 110 Å². The van der Waals surface area contributed by atoms with Crippen molar-refractivity contribution >= 4 is 9.84 Å². The lowest BCUT2D eigenvalue weighted by atomic mass is 9.47. The third-order valence-electron chi connectivity index (χ3n) is 12.2. The minimum atomic E-state index is -3.82. The molecule has 0 heterocycles. The normalized spacial score (nSPS) is 39.7. The van der Waals surface area contributed by atoms with Crippen LogP contribution in [0.4, 0.5) is 0 Å². The molecule has 0 bridgehead atoms. The Balaban J connectivity index is 1.35. The molecule has 212 valence electrons. The van der Waals surface area contributed by atoms with Crippen LogP contribution in [0.5, 0.6) is 0 Å². The van der Waals surface area contributed by atoms with E-state index in [0.717, 1.165) is 42.1 Å². The van der Waals surface area contributed by atoms with Crippen molar-refractivity contribution in [2.24, 2.45) is 46.3 Å². The number of fused-ring (bicyclic) bond motifs is 5. The summed E-state index contributed by atoms with van der Waals surface area (Å²) in [5, 5.41) is 11.6. The van der Waals surface area contributed by atoms with Gasteiger partial charge in [0.25, 0.3) is 0 Å². The van der Waals surface area contributed by atoms with Gasteiger partial charge in [-0.1, -0.05) is 83.2 Å². The van der Waals surface area contributed by atoms with Gasteiger partial charge in [0, 0.05) is 6.42 Å². The lowest BCUT2D eigenvalue weighted by Crippen LogP contribution is -2.53. The molecular formula is C34H52O3S. The number of hydrogen-bond donors (Lipinski definition) is 1. The Bertz CT molecular complexity index is 1150. The smallest absolute Gasteiger partial charge is 0.208 e. The Labute approximate surface area is 232 Å². The van der Waals surface area contributed by atoms with Crippen LogP contribution in [0.2, 0.25) is 0 Å². The maximum absolute atomic E-state index is 13.6. The van der Waals surface area contributed by atoms with Gasteiger partial charge in [-0.2, -0.15) is 0 Å². The van der Waals surface area contributed by atoms with Crippen LogP contribution in [0.15, 0.2) is 40.8 Å². The number of rotatable bonds is 7. The van der Waals surface area contributed by atoms with Crippen LogP contribution >= 0.6 is 0 Å². The summed E-state index contributed by atoms with van der Waals surface area (Å²) in [6, 6.07) is 6.97. The van der Waals surface area contributed by atoms with E-state index in [9.17, 15) is 13.5 Å². The standard InChI is InChI=1S/C34H52O3S/c1-23(2)8-7-9-25(4)29-16-17-30-28-15-12-26-22-34(35,38(36,37)27-13-10-24(3)11-14-27)21-20-32(26,5)31(28)18-19-33(29,30)6/h10-14,23,25,28-31,35H,7-9,15-22H2,1-6H3/t25-,28+,29-,30+,31+,32+,33-,34+/m1/s1. The van der Waals surface area contributed by atoms with Gasteiger partial charge < -0.3 is 5.11 Å². The molecule has 5 rings (SSSR count). The van der Waals surface area contributed by atoms with Gasteiger partial charge in [0.2, 0.25) is 9.84 Å². The summed E-state index contributed by atoms with van der Waals surface area (Å²) in [6.07, 6.45) is 14.2. The molecule has 0 aliphatic heterocycles. The first-order valence-electron chi connectivity index (χ1n) is 15.5. The third kappa shape index (κ3) is 4.54. The largest absolute Gasteiger partial charge is 0.374 e. The topological polar surface area (TPSA) is 54.4 Å². The first-order chi connectivity index (χ1) is 17.8. The van der Waals surface area contributed by atoms with Crippen LogP contribution in [0.25, 0.3) is 0 Å². The molecule has 0 radical (unpaired) electrons. The summed E-state index contributed by atoms with van der Waals surface area (Å²) < 4.78 is 27.2. The third-order valence-corrected chi connectivity index (χ3v) is 14.4. The highest BCUT2D eigenvalue weighted by atomic mass is 32.2.